The third-order valence-electron chi connectivity index (χ3n) is 2.08. The Morgan fingerprint density at radius 2 is 2.06 bits per heavy atom. The molecule has 1 heterocycles. The van der Waals surface area contributed by atoms with Gasteiger partial charge in [0, 0.05) is 5.69 Å². The Kier molecular flexibility index (Phi) is 3.24. The number of aromatic amines is 1. The number of benzene rings is 1. The van der Waals surface area contributed by atoms with E-state index in [2.05, 4.69) is 10.3 Å². The molecule has 0 saturated heterocycles. The number of aromatic nitrogens is 1. The highest BCUT2D eigenvalue weighted by Crippen LogP contribution is 2.17. The normalized spacial score (nSPS) is 10.1. The van der Waals surface area contributed by atoms with Crippen LogP contribution >= 0.6 is 11.3 Å². The number of thiazole rings is 1. The number of aromatic hydroxyl groups is 1. The van der Waals surface area contributed by atoms with Gasteiger partial charge in [-0.3, -0.25) is 14.6 Å². The Balaban J connectivity index is 2.03. The number of anilines is 1. The summed E-state index contributed by atoms with van der Waals surface area (Å²) in [5.41, 5.74) is 0.680. The van der Waals surface area contributed by atoms with Gasteiger partial charge in [-0.15, -0.1) is 0 Å². The van der Waals surface area contributed by atoms with Gasteiger partial charge in [-0.1, -0.05) is 29.5 Å². The maximum atomic E-state index is 11.6. The van der Waals surface area contributed by atoms with Crippen molar-refractivity contribution in [1.82, 2.24) is 4.98 Å². The van der Waals surface area contributed by atoms with Crippen molar-refractivity contribution in [3.63, 3.8) is 0 Å². The Hall–Kier alpha value is -2.08. The zero-order valence-corrected chi connectivity index (χ0v) is 9.58. The number of hydrogen-bond acceptors (Lipinski definition) is 4. The van der Waals surface area contributed by atoms with E-state index in [0.717, 1.165) is 11.3 Å². The number of H-pyrrole nitrogens is 1. The molecular formula is C11H10N2O3S. The number of carbonyl (C=O) groups is 1. The summed E-state index contributed by atoms with van der Waals surface area (Å²) in [7, 11) is 0. The summed E-state index contributed by atoms with van der Waals surface area (Å²) in [4.78, 5) is 24.7. The largest absolute Gasteiger partial charge is 0.494 e. The molecule has 2 aromatic rings. The van der Waals surface area contributed by atoms with E-state index in [-0.39, 0.29) is 23.1 Å². The molecule has 88 valence electrons. The van der Waals surface area contributed by atoms with E-state index in [1.807, 2.05) is 18.2 Å². The fourth-order valence-electron chi connectivity index (χ4n) is 1.34. The molecule has 1 amide bonds. The van der Waals surface area contributed by atoms with Gasteiger partial charge in [-0.05, 0) is 12.1 Å². The van der Waals surface area contributed by atoms with Gasteiger partial charge in [0.25, 0.3) is 0 Å². The fraction of sp³-hybridized carbons (Fsp3) is 0.0909. The first kappa shape index (κ1) is 11.4. The van der Waals surface area contributed by atoms with E-state index >= 15 is 0 Å². The first-order valence-electron chi connectivity index (χ1n) is 4.91. The van der Waals surface area contributed by atoms with E-state index < -0.39 is 0 Å². The number of rotatable bonds is 3. The number of hydrogen-bond donors (Lipinski definition) is 3. The second-order valence-corrected chi connectivity index (χ2v) is 4.44. The van der Waals surface area contributed by atoms with Crippen LogP contribution in [-0.2, 0) is 11.2 Å². The minimum atomic E-state index is -0.370. The monoisotopic (exact) mass is 250 g/mol. The summed E-state index contributed by atoms with van der Waals surface area (Å²) < 4.78 is 0. The molecule has 0 bridgehead atoms. The van der Waals surface area contributed by atoms with Crippen LogP contribution in [0.5, 0.6) is 5.88 Å². The molecular weight excluding hydrogens is 240 g/mol. The lowest BCUT2D eigenvalue weighted by Crippen LogP contribution is -2.13. The molecule has 0 saturated carbocycles. The summed E-state index contributed by atoms with van der Waals surface area (Å²) in [6, 6.07) is 8.98. The van der Waals surface area contributed by atoms with Crippen LogP contribution in [0.25, 0.3) is 0 Å². The van der Waals surface area contributed by atoms with Gasteiger partial charge in [-0.2, -0.15) is 0 Å². The van der Waals surface area contributed by atoms with E-state index in [1.165, 1.54) is 0 Å². The van der Waals surface area contributed by atoms with E-state index in [4.69, 9.17) is 0 Å². The summed E-state index contributed by atoms with van der Waals surface area (Å²) in [6.07, 6.45) is -0.0237. The molecule has 0 aliphatic carbocycles. The quantitative estimate of drug-likeness (QED) is 0.768. The van der Waals surface area contributed by atoms with Crippen molar-refractivity contribution in [3.05, 3.63) is 44.9 Å². The molecule has 3 N–H and O–H groups in total. The van der Waals surface area contributed by atoms with Crippen molar-refractivity contribution in [2.24, 2.45) is 0 Å². The van der Waals surface area contributed by atoms with Crippen molar-refractivity contribution in [2.75, 3.05) is 5.32 Å². The first-order valence-corrected chi connectivity index (χ1v) is 5.72. The van der Waals surface area contributed by atoms with Gasteiger partial charge in [0.05, 0.1) is 11.3 Å². The Bertz CT molecular complexity index is 574. The van der Waals surface area contributed by atoms with Crippen LogP contribution in [0.1, 0.15) is 4.88 Å². The molecule has 1 aromatic carbocycles. The van der Waals surface area contributed by atoms with Crippen LogP contribution in [-0.4, -0.2) is 16.0 Å². The molecule has 0 atom stereocenters. The van der Waals surface area contributed by atoms with Crippen LogP contribution in [0.15, 0.2) is 35.1 Å². The first-order chi connectivity index (χ1) is 8.15. The SMILES string of the molecule is O=C(Cc1sc(=O)[nH]c1O)Nc1ccccc1. The molecule has 5 nitrogen and oxygen atoms in total. The predicted octanol–water partition coefficient (Wildman–Crippen LogP) is 1.32. The molecule has 1 aromatic heterocycles. The average Bonchev–Trinajstić information content (AvgIpc) is 2.58. The van der Waals surface area contributed by atoms with Crippen LogP contribution in [0.4, 0.5) is 5.69 Å². The van der Waals surface area contributed by atoms with Gasteiger partial charge >= 0.3 is 4.87 Å². The number of nitrogens with one attached hydrogen (secondary N) is 2. The van der Waals surface area contributed by atoms with Gasteiger partial charge in [-0.25, -0.2) is 0 Å². The molecule has 0 fully saturated rings. The highest BCUT2D eigenvalue weighted by molar-refractivity contribution is 7.09. The maximum Gasteiger partial charge on any atom is 0.307 e. The standard InChI is InChI=1S/C11H10N2O3S/c14-9(12-7-4-2-1-3-5-7)6-8-10(15)13-11(16)17-8/h1-5,15H,6H2,(H,12,14)(H,13,16). The van der Waals surface area contributed by atoms with E-state index in [0.29, 0.717) is 10.6 Å². The minimum absolute atomic E-state index is 0.0237. The molecule has 2 rings (SSSR count). The van der Waals surface area contributed by atoms with Gasteiger partial charge < -0.3 is 10.4 Å². The zero-order chi connectivity index (χ0) is 12.3. The third kappa shape index (κ3) is 2.94. The van der Waals surface area contributed by atoms with Crippen molar-refractivity contribution >= 4 is 22.9 Å². The molecule has 0 radical (unpaired) electrons. The number of carbonyl (C=O) groups excluding carboxylic acids is 1. The lowest BCUT2D eigenvalue weighted by atomic mass is 10.3. The molecule has 0 aliphatic rings. The van der Waals surface area contributed by atoms with Crippen LogP contribution in [0, 0.1) is 0 Å². The summed E-state index contributed by atoms with van der Waals surface area (Å²) in [5, 5.41) is 12.0. The van der Waals surface area contributed by atoms with Crippen LogP contribution in [0.3, 0.4) is 0 Å². The van der Waals surface area contributed by atoms with Crippen LogP contribution in [0.2, 0.25) is 0 Å². The predicted molar refractivity (Wildman–Crippen MR) is 65.4 cm³/mol. The maximum absolute atomic E-state index is 11.6. The van der Waals surface area contributed by atoms with Crippen molar-refractivity contribution in [2.45, 2.75) is 6.42 Å². The second-order valence-electron chi connectivity index (χ2n) is 3.38. The average molecular weight is 250 g/mol. The fourth-order valence-corrected chi connectivity index (χ4v) is 2.07. The van der Waals surface area contributed by atoms with Crippen LogP contribution < -0.4 is 10.2 Å². The van der Waals surface area contributed by atoms with Gasteiger partial charge in [0.15, 0.2) is 0 Å². The van der Waals surface area contributed by atoms with E-state index in [9.17, 15) is 14.7 Å². The molecule has 0 unspecified atom stereocenters. The number of amides is 1. The Morgan fingerprint density at radius 1 is 1.35 bits per heavy atom. The van der Waals surface area contributed by atoms with Crippen molar-refractivity contribution in [3.8, 4) is 5.88 Å². The summed E-state index contributed by atoms with van der Waals surface area (Å²) >= 11 is 0.831. The Labute approximate surface area is 101 Å². The molecule has 0 aliphatic heterocycles. The Morgan fingerprint density at radius 3 is 2.65 bits per heavy atom. The van der Waals surface area contributed by atoms with E-state index in [1.54, 1.807) is 12.1 Å². The summed E-state index contributed by atoms with van der Waals surface area (Å²) in [6.45, 7) is 0. The second kappa shape index (κ2) is 4.84. The zero-order valence-electron chi connectivity index (χ0n) is 8.77. The minimum Gasteiger partial charge on any atom is -0.494 e. The lowest BCUT2D eigenvalue weighted by Gasteiger charge is -2.03. The smallest absolute Gasteiger partial charge is 0.307 e. The molecule has 17 heavy (non-hydrogen) atoms. The van der Waals surface area contributed by atoms with Gasteiger partial charge in [0.2, 0.25) is 11.8 Å². The summed E-state index contributed by atoms with van der Waals surface area (Å²) in [5.74, 6) is -0.509. The highest BCUT2D eigenvalue weighted by Gasteiger charge is 2.11. The molecule has 0 spiro atoms. The highest BCUT2D eigenvalue weighted by atomic mass is 32.1. The third-order valence-corrected chi connectivity index (χ3v) is 2.95. The van der Waals surface area contributed by atoms with Crippen molar-refractivity contribution in [1.29, 1.82) is 0 Å². The topological polar surface area (TPSA) is 82.2 Å². The van der Waals surface area contributed by atoms with Gasteiger partial charge in [0.1, 0.15) is 0 Å². The lowest BCUT2D eigenvalue weighted by molar-refractivity contribution is -0.115. The molecule has 6 heteroatoms. The van der Waals surface area contributed by atoms with Crippen molar-refractivity contribution < 1.29 is 9.90 Å². The number of para-hydroxylation sites is 1.